The van der Waals surface area contributed by atoms with E-state index in [9.17, 15) is 4.79 Å². The van der Waals surface area contributed by atoms with Crippen molar-refractivity contribution < 1.29 is 24.1 Å². The van der Waals surface area contributed by atoms with E-state index in [2.05, 4.69) is 20.8 Å². The minimum Gasteiger partial charge on any atom is -0.480 e. The number of carbonyl (C=O) groups is 1. The number of aliphatic carboxylic acids is 1. The molecule has 0 spiro atoms. The molecule has 0 saturated carbocycles. The van der Waals surface area contributed by atoms with Crippen molar-refractivity contribution in [3.8, 4) is 0 Å². The lowest BCUT2D eigenvalue weighted by molar-refractivity contribution is -0.472. The third-order valence-corrected chi connectivity index (χ3v) is 4.09. The molecule has 7 nitrogen and oxygen atoms in total. The van der Waals surface area contributed by atoms with Crippen LogP contribution >= 0.6 is 0 Å². The van der Waals surface area contributed by atoms with E-state index in [0.29, 0.717) is 38.1 Å². The fourth-order valence-electron chi connectivity index (χ4n) is 2.66. The molecule has 2 bridgehead atoms. The second-order valence-corrected chi connectivity index (χ2v) is 8.09. The monoisotopic (exact) mass is 346 g/mol. The highest BCUT2D eigenvalue weighted by molar-refractivity contribution is 5.72. The second-order valence-electron chi connectivity index (χ2n) is 8.09. The van der Waals surface area contributed by atoms with Crippen LogP contribution < -0.4 is 11.5 Å². The molecule has 3 aliphatic heterocycles. The highest BCUT2D eigenvalue weighted by atomic mass is 16.9. The SMILES string of the molecule is CC(C)CC(N)C12OCC(C)(CO1)CO2.CC(C)C[C@H](N)C(=O)O. The minimum atomic E-state index is -0.970. The summed E-state index contributed by atoms with van der Waals surface area (Å²) in [7, 11) is 0. The van der Waals surface area contributed by atoms with Gasteiger partial charge in [-0.3, -0.25) is 4.79 Å². The van der Waals surface area contributed by atoms with Crippen LogP contribution in [0.15, 0.2) is 0 Å². The Bertz CT molecular complexity index is 389. The average Bonchev–Trinajstić information content (AvgIpc) is 2.47. The maximum Gasteiger partial charge on any atom is 0.320 e. The molecule has 142 valence electrons. The number of nitrogens with two attached hydrogens (primary N) is 2. The Hall–Kier alpha value is -0.730. The second kappa shape index (κ2) is 8.58. The van der Waals surface area contributed by atoms with Gasteiger partial charge in [0, 0.05) is 5.41 Å². The van der Waals surface area contributed by atoms with Crippen molar-refractivity contribution in [1.82, 2.24) is 0 Å². The molecule has 0 radical (unpaired) electrons. The largest absolute Gasteiger partial charge is 0.480 e. The summed E-state index contributed by atoms with van der Waals surface area (Å²) >= 11 is 0. The van der Waals surface area contributed by atoms with Crippen molar-refractivity contribution in [3.63, 3.8) is 0 Å². The summed E-state index contributed by atoms with van der Waals surface area (Å²) in [5.41, 5.74) is 11.3. The zero-order valence-corrected chi connectivity index (χ0v) is 15.6. The van der Waals surface area contributed by atoms with Gasteiger partial charge in [0.2, 0.25) is 0 Å². The first-order valence-corrected chi connectivity index (χ1v) is 8.65. The Morgan fingerprint density at radius 2 is 1.42 bits per heavy atom. The molecule has 3 heterocycles. The Labute approximate surface area is 145 Å². The number of hydrogen-bond acceptors (Lipinski definition) is 6. The van der Waals surface area contributed by atoms with Gasteiger partial charge in [0.15, 0.2) is 0 Å². The van der Waals surface area contributed by atoms with Crippen molar-refractivity contribution in [2.24, 2.45) is 28.7 Å². The van der Waals surface area contributed by atoms with Crippen molar-refractivity contribution >= 4 is 5.97 Å². The maximum absolute atomic E-state index is 10.1. The minimum absolute atomic E-state index is 0.0132. The van der Waals surface area contributed by atoms with Crippen LogP contribution in [0.4, 0.5) is 0 Å². The first-order valence-electron chi connectivity index (χ1n) is 8.65. The van der Waals surface area contributed by atoms with E-state index in [1.54, 1.807) is 0 Å². The molecule has 5 N–H and O–H groups in total. The number of fused-ring (bicyclic) bond motifs is 3. The summed E-state index contributed by atoms with van der Waals surface area (Å²) < 4.78 is 17.0. The number of ether oxygens (including phenoxy) is 3. The smallest absolute Gasteiger partial charge is 0.320 e. The standard InChI is InChI=1S/C11H21NO3.C6H13NO2/c1-8(2)4-9(12)11-13-5-10(3,6-14-11)7-15-11;1-4(2)3-5(7)6(8)9/h8-9H,4-7,12H2,1-3H3;4-5H,3,7H2,1-2H3,(H,8,9)/t;5-/m.0/s1. The normalized spacial score (nSPS) is 31.5. The van der Waals surface area contributed by atoms with Gasteiger partial charge < -0.3 is 30.8 Å². The van der Waals surface area contributed by atoms with E-state index in [1.165, 1.54) is 0 Å². The number of rotatable bonds is 6. The molecule has 7 heteroatoms. The molecule has 0 amide bonds. The zero-order chi connectivity index (χ0) is 18.5. The van der Waals surface area contributed by atoms with Crippen LogP contribution in [0.1, 0.15) is 47.5 Å². The molecule has 3 fully saturated rings. The summed E-state index contributed by atoms with van der Waals surface area (Å²) in [4.78, 5) is 10.1. The van der Waals surface area contributed by atoms with Crippen molar-refractivity contribution in [3.05, 3.63) is 0 Å². The predicted octanol–water partition coefficient (Wildman–Crippen LogP) is 1.54. The lowest BCUT2D eigenvalue weighted by Gasteiger charge is -2.52. The molecule has 24 heavy (non-hydrogen) atoms. The summed E-state index contributed by atoms with van der Waals surface area (Å²) in [6.45, 7) is 12.3. The zero-order valence-electron chi connectivity index (χ0n) is 15.6. The Balaban J connectivity index is 0.000000277. The molecule has 0 aromatic rings. The first-order chi connectivity index (χ1) is 11.0. The number of hydrogen-bond donors (Lipinski definition) is 3. The van der Waals surface area contributed by atoms with Gasteiger partial charge in [-0.25, -0.2) is 0 Å². The van der Waals surface area contributed by atoms with E-state index < -0.39 is 18.0 Å². The first kappa shape index (κ1) is 21.3. The molecule has 0 aliphatic carbocycles. The molecule has 1 unspecified atom stereocenters. The van der Waals surface area contributed by atoms with Gasteiger partial charge in [-0.05, 0) is 24.7 Å². The van der Waals surface area contributed by atoms with Gasteiger partial charge in [-0.15, -0.1) is 0 Å². The van der Waals surface area contributed by atoms with Gasteiger partial charge in [0.05, 0.1) is 25.9 Å². The third kappa shape index (κ3) is 5.97. The molecular weight excluding hydrogens is 312 g/mol. The Kier molecular flexibility index (Phi) is 7.62. The van der Waals surface area contributed by atoms with Gasteiger partial charge in [0.25, 0.3) is 5.97 Å². The Morgan fingerprint density at radius 1 is 1.00 bits per heavy atom. The summed E-state index contributed by atoms with van der Waals surface area (Å²) in [5.74, 6) is -1.01. The summed E-state index contributed by atoms with van der Waals surface area (Å²) in [6, 6.07) is -0.896. The van der Waals surface area contributed by atoms with Crippen molar-refractivity contribution in [2.45, 2.75) is 65.5 Å². The van der Waals surface area contributed by atoms with E-state index in [4.69, 9.17) is 30.8 Å². The van der Waals surface area contributed by atoms with E-state index in [-0.39, 0.29) is 11.5 Å². The molecule has 3 saturated heterocycles. The van der Waals surface area contributed by atoms with Crippen LogP contribution in [-0.2, 0) is 19.0 Å². The summed E-state index contributed by atoms with van der Waals surface area (Å²) in [5, 5.41) is 8.31. The van der Waals surface area contributed by atoms with Gasteiger partial charge >= 0.3 is 5.97 Å². The lowest BCUT2D eigenvalue weighted by atomic mass is 9.90. The summed E-state index contributed by atoms with van der Waals surface area (Å²) in [6.07, 6.45) is 1.39. The van der Waals surface area contributed by atoms with Crippen LogP contribution in [-0.4, -0.2) is 49.0 Å². The fraction of sp³-hybridized carbons (Fsp3) is 0.941. The highest BCUT2D eigenvalue weighted by Crippen LogP contribution is 2.40. The van der Waals surface area contributed by atoms with E-state index in [0.717, 1.165) is 6.42 Å². The van der Waals surface area contributed by atoms with Crippen LogP contribution in [0.2, 0.25) is 0 Å². The topological polar surface area (TPSA) is 117 Å². The molecule has 3 aliphatic rings. The third-order valence-electron chi connectivity index (χ3n) is 4.09. The molecule has 0 aromatic carbocycles. The number of carboxylic acid groups (broad SMARTS) is 1. The lowest BCUT2D eigenvalue weighted by Crippen LogP contribution is -2.66. The van der Waals surface area contributed by atoms with Crippen molar-refractivity contribution in [2.75, 3.05) is 19.8 Å². The molecule has 0 aromatic heterocycles. The molecule has 3 rings (SSSR count). The van der Waals surface area contributed by atoms with Crippen LogP contribution in [0.3, 0.4) is 0 Å². The van der Waals surface area contributed by atoms with Crippen LogP contribution in [0.25, 0.3) is 0 Å². The Morgan fingerprint density at radius 3 is 1.71 bits per heavy atom. The molecular formula is C17H34N2O5. The van der Waals surface area contributed by atoms with E-state index >= 15 is 0 Å². The molecule has 2 atom stereocenters. The average molecular weight is 346 g/mol. The van der Waals surface area contributed by atoms with Crippen molar-refractivity contribution in [1.29, 1.82) is 0 Å². The number of carboxylic acids is 1. The quantitative estimate of drug-likeness (QED) is 0.668. The predicted molar refractivity (Wildman–Crippen MR) is 91.2 cm³/mol. The van der Waals surface area contributed by atoms with E-state index in [1.807, 2.05) is 13.8 Å². The van der Waals surface area contributed by atoms with Crippen LogP contribution in [0.5, 0.6) is 0 Å². The van der Waals surface area contributed by atoms with Gasteiger partial charge in [-0.2, -0.15) is 0 Å². The van der Waals surface area contributed by atoms with Crippen LogP contribution in [0, 0.1) is 17.3 Å². The fourth-order valence-corrected chi connectivity index (χ4v) is 2.66. The maximum atomic E-state index is 10.1. The van der Waals surface area contributed by atoms with Gasteiger partial charge in [0.1, 0.15) is 6.04 Å². The van der Waals surface area contributed by atoms with Gasteiger partial charge in [-0.1, -0.05) is 34.6 Å². The highest BCUT2D eigenvalue weighted by Gasteiger charge is 2.53.